The second-order valence-corrected chi connectivity index (χ2v) is 9.03. The van der Waals surface area contributed by atoms with Crippen molar-refractivity contribution >= 4 is 0 Å². The van der Waals surface area contributed by atoms with Crippen molar-refractivity contribution in [3.8, 4) is 0 Å². The minimum atomic E-state index is -0.00502. The van der Waals surface area contributed by atoms with Gasteiger partial charge in [0, 0.05) is 34.6 Å². The van der Waals surface area contributed by atoms with Gasteiger partial charge in [0.1, 0.15) is 5.82 Å². The van der Waals surface area contributed by atoms with Gasteiger partial charge in [0.15, 0.2) is 0 Å². The van der Waals surface area contributed by atoms with E-state index in [-0.39, 0.29) is 10.8 Å². The van der Waals surface area contributed by atoms with Crippen molar-refractivity contribution in [1.29, 1.82) is 0 Å². The van der Waals surface area contributed by atoms with Crippen LogP contribution < -0.4 is 0 Å². The highest BCUT2D eigenvalue weighted by atomic mass is 16.5. The summed E-state index contributed by atoms with van der Waals surface area (Å²) in [6.45, 7) is 15.2. The number of aromatic nitrogens is 2. The Labute approximate surface area is 134 Å². The predicted octanol–water partition coefficient (Wildman–Crippen LogP) is 4.14. The molecule has 3 heteroatoms. The monoisotopic (exact) mass is 302 g/mol. The highest BCUT2D eigenvalue weighted by Crippen LogP contribution is 2.44. The first-order valence-electron chi connectivity index (χ1n) is 8.67. The molecule has 2 unspecified atom stereocenters. The van der Waals surface area contributed by atoms with Gasteiger partial charge in [-0.25, -0.2) is 9.97 Å². The van der Waals surface area contributed by atoms with E-state index in [0.717, 1.165) is 31.4 Å². The van der Waals surface area contributed by atoms with Crippen molar-refractivity contribution in [2.24, 2.45) is 5.92 Å². The molecule has 22 heavy (non-hydrogen) atoms. The Hall–Kier alpha value is -0.960. The third-order valence-electron chi connectivity index (χ3n) is 5.03. The first kappa shape index (κ1) is 15.9. The molecule has 0 aromatic carbocycles. The van der Waals surface area contributed by atoms with Crippen LogP contribution in [0.3, 0.4) is 0 Å². The maximum Gasteiger partial charge on any atom is 0.134 e. The summed E-state index contributed by atoms with van der Waals surface area (Å²) in [5, 5.41) is 0. The first-order valence-corrected chi connectivity index (χ1v) is 8.67. The van der Waals surface area contributed by atoms with Crippen LogP contribution in [0.2, 0.25) is 0 Å². The summed E-state index contributed by atoms with van der Waals surface area (Å²) in [6, 6.07) is 0. The van der Waals surface area contributed by atoms with Gasteiger partial charge in [-0.05, 0) is 25.2 Å². The zero-order chi connectivity index (χ0) is 16.1. The summed E-state index contributed by atoms with van der Waals surface area (Å²) in [4.78, 5) is 10.0. The van der Waals surface area contributed by atoms with Crippen LogP contribution in [0.25, 0.3) is 0 Å². The summed E-state index contributed by atoms with van der Waals surface area (Å²) in [5.74, 6) is 2.25. The number of ether oxygens (including phenoxy) is 1. The Bertz CT molecular complexity index is 566. The molecular formula is C19H30N2O. The number of nitrogens with zero attached hydrogens (tertiary/aromatic N) is 2. The van der Waals surface area contributed by atoms with Gasteiger partial charge in [0.2, 0.25) is 0 Å². The quantitative estimate of drug-likeness (QED) is 0.722. The lowest BCUT2D eigenvalue weighted by Gasteiger charge is -2.40. The third-order valence-corrected chi connectivity index (χ3v) is 5.03. The average Bonchev–Trinajstić information content (AvgIpc) is 2.44. The Morgan fingerprint density at radius 1 is 0.955 bits per heavy atom. The molecule has 122 valence electrons. The van der Waals surface area contributed by atoms with Crippen molar-refractivity contribution in [2.45, 2.75) is 77.6 Å². The van der Waals surface area contributed by atoms with Crippen LogP contribution in [0.4, 0.5) is 0 Å². The molecule has 1 aromatic heterocycles. The second kappa shape index (κ2) is 5.30. The minimum Gasteiger partial charge on any atom is -0.381 e. The number of aryl methyl sites for hydroxylation is 1. The van der Waals surface area contributed by atoms with Crippen molar-refractivity contribution in [1.82, 2.24) is 9.97 Å². The highest BCUT2D eigenvalue weighted by Gasteiger charge is 2.38. The molecule has 0 bridgehead atoms. The van der Waals surface area contributed by atoms with Crippen molar-refractivity contribution in [3.63, 3.8) is 0 Å². The van der Waals surface area contributed by atoms with E-state index in [1.165, 1.54) is 29.8 Å². The Balaban J connectivity index is 2.18. The largest absolute Gasteiger partial charge is 0.381 e. The topological polar surface area (TPSA) is 35.0 Å². The molecule has 2 aliphatic rings. The molecule has 0 saturated carbocycles. The molecule has 0 N–H and O–H groups in total. The first-order chi connectivity index (χ1) is 10.2. The fourth-order valence-corrected chi connectivity index (χ4v) is 3.77. The van der Waals surface area contributed by atoms with E-state index in [1.807, 2.05) is 0 Å². The zero-order valence-corrected chi connectivity index (χ0v) is 15.0. The summed E-state index contributed by atoms with van der Waals surface area (Å²) >= 11 is 0. The molecule has 2 atom stereocenters. The molecule has 0 radical (unpaired) electrons. The van der Waals surface area contributed by atoms with Gasteiger partial charge < -0.3 is 4.74 Å². The summed E-state index contributed by atoms with van der Waals surface area (Å²) in [7, 11) is 0. The molecule has 1 saturated heterocycles. The zero-order valence-electron chi connectivity index (χ0n) is 15.0. The van der Waals surface area contributed by atoms with E-state index in [9.17, 15) is 0 Å². The second-order valence-electron chi connectivity index (χ2n) is 9.03. The lowest BCUT2D eigenvalue weighted by molar-refractivity contribution is 0.0391. The molecule has 1 aliphatic carbocycles. The average molecular weight is 302 g/mol. The maximum absolute atomic E-state index is 5.81. The van der Waals surface area contributed by atoms with Gasteiger partial charge in [-0.2, -0.15) is 0 Å². The molecule has 2 heterocycles. The van der Waals surface area contributed by atoms with Gasteiger partial charge in [-0.3, -0.25) is 0 Å². The standard InChI is InChI=1S/C19H30N2O/c1-18(2,3)16-15-13-11-22-10-9-12(13)7-8-14(15)20-17(21-16)19(4,5)6/h12-13H,7-11H2,1-6H3. The predicted molar refractivity (Wildman–Crippen MR) is 89.4 cm³/mol. The van der Waals surface area contributed by atoms with E-state index in [4.69, 9.17) is 14.7 Å². The number of hydrogen-bond acceptors (Lipinski definition) is 3. The Kier molecular flexibility index (Phi) is 3.83. The summed E-state index contributed by atoms with van der Waals surface area (Å²) < 4.78 is 5.81. The van der Waals surface area contributed by atoms with Gasteiger partial charge in [0.05, 0.1) is 12.3 Å². The number of fused-ring (bicyclic) bond motifs is 3. The Morgan fingerprint density at radius 2 is 1.68 bits per heavy atom. The highest BCUT2D eigenvalue weighted by molar-refractivity contribution is 5.38. The lowest BCUT2D eigenvalue weighted by Crippen LogP contribution is -2.35. The molecule has 1 aromatic rings. The lowest BCUT2D eigenvalue weighted by atomic mass is 9.71. The fourth-order valence-electron chi connectivity index (χ4n) is 3.77. The van der Waals surface area contributed by atoms with E-state index in [1.54, 1.807) is 0 Å². The maximum atomic E-state index is 5.81. The van der Waals surface area contributed by atoms with Crippen molar-refractivity contribution in [3.05, 3.63) is 22.8 Å². The van der Waals surface area contributed by atoms with E-state index in [2.05, 4.69) is 41.5 Å². The van der Waals surface area contributed by atoms with E-state index < -0.39 is 0 Å². The van der Waals surface area contributed by atoms with Gasteiger partial charge in [0.25, 0.3) is 0 Å². The summed E-state index contributed by atoms with van der Waals surface area (Å²) in [5.41, 5.74) is 4.00. The molecule has 3 rings (SSSR count). The molecule has 0 spiro atoms. The van der Waals surface area contributed by atoms with Crippen LogP contribution in [0.1, 0.15) is 83.1 Å². The van der Waals surface area contributed by atoms with Crippen LogP contribution >= 0.6 is 0 Å². The van der Waals surface area contributed by atoms with Crippen LogP contribution in [-0.4, -0.2) is 23.2 Å². The van der Waals surface area contributed by atoms with Crippen LogP contribution in [0.15, 0.2) is 0 Å². The van der Waals surface area contributed by atoms with E-state index in [0.29, 0.717) is 5.92 Å². The minimum absolute atomic E-state index is 0.00502. The molecule has 1 aliphatic heterocycles. The number of hydrogen-bond donors (Lipinski definition) is 0. The van der Waals surface area contributed by atoms with Crippen LogP contribution in [0.5, 0.6) is 0 Å². The third kappa shape index (κ3) is 2.80. The molecular weight excluding hydrogens is 272 g/mol. The normalized spacial score (nSPS) is 25.5. The van der Waals surface area contributed by atoms with Crippen molar-refractivity contribution < 1.29 is 4.74 Å². The van der Waals surface area contributed by atoms with Gasteiger partial charge >= 0.3 is 0 Å². The van der Waals surface area contributed by atoms with Gasteiger partial charge in [-0.15, -0.1) is 0 Å². The van der Waals surface area contributed by atoms with Crippen molar-refractivity contribution in [2.75, 3.05) is 13.2 Å². The SMILES string of the molecule is CC(C)(C)c1nc2c(c(C(C)(C)C)n1)C1COCCC1CC2. The summed E-state index contributed by atoms with van der Waals surface area (Å²) in [6.07, 6.45) is 3.55. The molecule has 3 nitrogen and oxygen atoms in total. The fraction of sp³-hybridized carbons (Fsp3) is 0.789. The van der Waals surface area contributed by atoms with E-state index >= 15 is 0 Å². The molecule has 0 amide bonds. The Morgan fingerprint density at radius 3 is 2.32 bits per heavy atom. The molecule has 1 fully saturated rings. The van der Waals surface area contributed by atoms with Gasteiger partial charge in [-0.1, -0.05) is 41.5 Å². The van der Waals surface area contributed by atoms with Crippen LogP contribution in [-0.2, 0) is 22.0 Å². The van der Waals surface area contributed by atoms with Crippen LogP contribution in [0, 0.1) is 5.92 Å². The number of rotatable bonds is 0. The smallest absolute Gasteiger partial charge is 0.134 e.